The predicted molar refractivity (Wildman–Crippen MR) is 60.1 cm³/mol. The third-order valence-electron chi connectivity index (χ3n) is 2.24. The molecule has 1 atom stereocenters. The van der Waals surface area contributed by atoms with Gasteiger partial charge in [-0.1, -0.05) is 0 Å². The van der Waals surface area contributed by atoms with Crippen LogP contribution in [0.15, 0.2) is 18.2 Å². The van der Waals surface area contributed by atoms with Crippen LogP contribution in [0.4, 0.5) is 8.78 Å². The summed E-state index contributed by atoms with van der Waals surface area (Å²) in [5, 5.41) is 2.88. The number of benzene rings is 1. The van der Waals surface area contributed by atoms with Gasteiger partial charge in [0.1, 0.15) is 11.6 Å². The Morgan fingerprint density at radius 1 is 1.29 bits per heavy atom. The van der Waals surface area contributed by atoms with Crippen molar-refractivity contribution >= 4 is 5.91 Å². The molecule has 0 aromatic heterocycles. The maximum absolute atomic E-state index is 12.8. The van der Waals surface area contributed by atoms with E-state index in [0.29, 0.717) is 18.5 Å². The molecule has 1 amide bonds. The molecule has 0 saturated carbocycles. The van der Waals surface area contributed by atoms with E-state index >= 15 is 0 Å². The fourth-order valence-electron chi connectivity index (χ4n) is 1.35. The number of carbonyl (C=O) groups excluding carboxylic acids is 1. The predicted octanol–water partition coefficient (Wildman–Crippen LogP) is -0.0905. The zero-order valence-corrected chi connectivity index (χ0v) is 9.25. The molecule has 1 rings (SSSR count). The van der Waals surface area contributed by atoms with Crippen molar-refractivity contribution < 1.29 is 13.6 Å². The molecule has 0 radical (unpaired) electrons. The van der Waals surface area contributed by atoms with E-state index < -0.39 is 23.6 Å². The summed E-state index contributed by atoms with van der Waals surface area (Å²) in [4.78, 5) is 10.6. The number of hydrogen-bond acceptors (Lipinski definition) is 3. The Hall–Kier alpha value is -1.53. The normalized spacial score (nSPS) is 12.4. The highest BCUT2D eigenvalue weighted by molar-refractivity contribution is 5.79. The topological polar surface area (TPSA) is 81.1 Å². The summed E-state index contributed by atoms with van der Waals surface area (Å²) in [5.74, 6) is -1.79. The minimum absolute atomic E-state index is 0.243. The van der Waals surface area contributed by atoms with Crippen LogP contribution < -0.4 is 16.8 Å². The molecule has 0 bridgehead atoms. The van der Waals surface area contributed by atoms with E-state index in [1.54, 1.807) is 0 Å². The molecular formula is C11H15F2N3O. The van der Waals surface area contributed by atoms with Crippen molar-refractivity contribution in [3.05, 3.63) is 35.4 Å². The molecular weight excluding hydrogens is 228 g/mol. The van der Waals surface area contributed by atoms with Crippen molar-refractivity contribution in [3.8, 4) is 0 Å². The van der Waals surface area contributed by atoms with Gasteiger partial charge in [-0.2, -0.15) is 0 Å². The summed E-state index contributed by atoms with van der Waals surface area (Å²) >= 11 is 0. The second kappa shape index (κ2) is 6.27. The Kier molecular flexibility index (Phi) is 4.99. The lowest BCUT2D eigenvalue weighted by atomic mass is 10.1. The van der Waals surface area contributed by atoms with Gasteiger partial charge in [-0.05, 0) is 30.7 Å². The van der Waals surface area contributed by atoms with E-state index in [0.717, 1.165) is 6.07 Å². The standard InChI is InChI=1S/C11H15F2N3O/c12-8-3-7(4-9(13)5-8)1-2-16-6-10(14)11(15)17/h3-5,10,16H,1-2,6,14H2,(H2,15,17). The number of amides is 1. The first-order valence-corrected chi connectivity index (χ1v) is 5.19. The SMILES string of the molecule is NC(=O)C(N)CNCCc1cc(F)cc(F)c1. The highest BCUT2D eigenvalue weighted by atomic mass is 19.1. The minimum Gasteiger partial charge on any atom is -0.368 e. The van der Waals surface area contributed by atoms with Crippen LogP contribution in [-0.4, -0.2) is 25.0 Å². The highest BCUT2D eigenvalue weighted by Gasteiger charge is 2.07. The Morgan fingerprint density at radius 2 is 1.88 bits per heavy atom. The number of nitrogens with two attached hydrogens (primary N) is 2. The van der Waals surface area contributed by atoms with E-state index in [1.165, 1.54) is 12.1 Å². The smallest absolute Gasteiger partial charge is 0.235 e. The molecule has 94 valence electrons. The van der Waals surface area contributed by atoms with Crippen LogP contribution in [0.3, 0.4) is 0 Å². The van der Waals surface area contributed by atoms with E-state index in [2.05, 4.69) is 5.32 Å². The van der Waals surface area contributed by atoms with Gasteiger partial charge >= 0.3 is 0 Å². The van der Waals surface area contributed by atoms with E-state index in [-0.39, 0.29) is 6.54 Å². The van der Waals surface area contributed by atoms with Gasteiger partial charge in [0.05, 0.1) is 6.04 Å². The molecule has 0 saturated heterocycles. The Bertz CT molecular complexity index is 378. The third-order valence-corrected chi connectivity index (χ3v) is 2.24. The lowest BCUT2D eigenvalue weighted by Crippen LogP contribution is -2.44. The number of primary amides is 1. The fraction of sp³-hybridized carbons (Fsp3) is 0.364. The van der Waals surface area contributed by atoms with Crippen LogP contribution in [0.5, 0.6) is 0 Å². The van der Waals surface area contributed by atoms with Crippen LogP contribution in [-0.2, 0) is 11.2 Å². The maximum atomic E-state index is 12.8. The lowest BCUT2D eigenvalue weighted by molar-refractivity contribution is -0.119. The van der Waals surface area contributed by atoms with Crippen LogP contribution in [0.25, 0.3) is 0 Å². The molecule has 17 heavy (non-hydrogen) atoms. The summed E-state index contributed by atoms with van der Waals surface area (Å²) < 4.78 is 25.7. The molecule has 5 N–H and O–H groups in total. The van der Waals surface area contributed by atoms with Crippen LogP contribution in [0.2, 0.25) is 0 Å². The highest BCUT2D eigenvalue weighted by Crippen LogP contribution is 2.07. The van der Waals surface area contributed by atoms with Crippen molar-refractivity contribution in [2.75, 3.05) is 13.1 Å². The second-order valence-corrected chi connectivity index (χ2v) is 3.74. The number of hydrogen-bond donors (Lipinski definition) is 3. The van der Waals surface area contributed by atoms with Crippen LogP contribution >= 0.6 is 0 Å². The first-order valence-electron chi connectivity index (χ1n) is 5.19. The molecule has 0 aliphatic carbocycles. The summed E-state index contributed by atoms with van der Waals surface area (Å²) in [6.45, 7) is 0.705. The van der Waals surface area contributed by atoms with Gasteiger partial charge in [0.15, 0.2) is 0 Å². The van der Waals surface area contributed by atoms with Gasteiger partial charge in [-0.15, -0.1) is 0 Å². The molecule has 0 spiro atoms. The monoisotopic (exact) mass is 243 g/mol. The van der Waals surface area contributed by atoms with Gasteiger partial charge in [0, 0.05) is 12.6 Å². The fourth-order valence-corrected chi connectivity index (χ4v) is 1.35. The lowest BCUT2D eigenvalue weighted by Gasteiger charge is -2.09. The van der Waals surface area contributed by atoms with E-state index in [1.807, 2.05) is 0 Å². The molecule has 0 heterocycles. The molecule has 1 unspecified atom stereocenters. The van der Waals surface area contributed by atoms with Gasteiger partial charge in [-0.3, -0.25) is 4.79 Å². The minimum atomic E-state index is -0.751. The first kappa shape index (κ1) is 13.5. The number of nitrogens with one attached hydrogen (secondary N) is 1. The van der Waals surface area contributed by atoms with Crippen LogP contribution in [0.1, 0.15) is 5.56 Å². The maximum Gasteiger partial charge on any atom is 0.235 e. The first-order chi connectivity index (χ1) is 7.99. The summed E-state index contributed by atoms with van der Waals surface area (Å²) in [5.41, 5.74) is 10.9. The zero-order valence-electron chi connectivity index (χ0n) is 9.25. The van der Waals surface area contributed by atoms with E-state index in [9.17, 15) is 13.6 Å². The van der Waals surface area contributed by atoms with Crippen molar-refractivity contribution in [3.63, 3.8) is 0 Å². The molecule has 4 nitrogen and oxygen atoms in total. The van der Waals surface area contributed by atoms with Crippen LogP contribution in [0, 0.1) is 11.6 Å². The van der Waals surface area contributed by atoms with Gasteiger partial charge in [0.25, 0.3) is 0 Å². The van der Waals surface area contributed by atoms with Gasteiger partial charge < -0.3 is 16.8 Å². The van der Waals surface area contributed by atoms with Gasteiger partial charge in [0.2, 0.25) is 5.91 Å². The summed E-state index contributed by atoms with van der Waals surface area (Å²) in [6, 6.07) is 2.59. The number of carbonyl (C=O) groups is 1. The molecule has 0 aliphatic rings. The molecule has 1 aromatic carbocycles. The average molecular weight is 243 g/mol. The molecule has 1 aromatic rings. The molecule has 0 fully saturated rings. The largest absolute Gasteiger partial charge is 0.368 e. The number of halogens is 2. The second-order valence-electron chi connectivity index (χ2n) is 3.74. The number of rotatable bonds is 6. The Labute approximate surface area is 98.0 Å². The van der Waals surface area contributed by atoms with Crippen molar-refractivity contribution in [2.45, 2.75) is 12.5 Å². The van der Waals surface area contributed by atoms with E-state index in [4.69, 9.17) is 11.5 Å². The Balaban J connectivity index is 2.33. The van der Waals surface area contributed by atoms with Crippen molar-refractivity contribution in [1.82, 2.24) is 5.32 Å². The zero-order chi connectivity index (χ0) is 12.8. The van der Waals surface area contributed by atoms with Gasteiger partial charge in [-0.25, -0.2) is 8.78 Å². The van der Waals surface area contributed by atoms with Crippen molar-refractivity contribution in [1.29, 1.82) is 0 Å². The third kappa shape index (κ3) is 4.88. The summed E-state index contributed by atoms with van der Waals surface area (Å²) in [6.07, 6.45) is 0.445. The average Bonchev–Trinajstić information content (AvgIpc) is 2.22. The van der Waals surface area contributed by atoms with Crippen molar-refractivity contribution in [2.24, 2.45) is 11.5 Å². The Morgan fingerprint density at radius 3 is 2.41 bits per heavy atom. The molecule has 0 aliphatic heterocycles. The molecule has 6 heteroatoms. The summed E-state index contributed by atoms with van der Waals surface area (Å²) in [7, 11) is 0. The quantitative estimate of drug-likeness (QED) is 0.611.